The Hall–Kier alpha value is -1.79. The minimum atomic E-state index is -0.217. The Labute approximate surface area is 153 Å². The molecular weight excluding hydrogens is 388 g/mol. The Bertz CT molecular complexity index is 766. The fourth-order valence-electron chi connectivity index (χ4n) is 2.59. The molecule has 4 nitrogen and oxygen atoms in total. The van der Waals surface area contributed by atoms with Crippen LogP contribution in [-0.4, -0.2) is 22.8 Å². The van der Waals surface area contributed by atoms with Crippen molar-refractivity contribution < 1.29 is 9.59 Å². The zero-order valence-corrected chi connectivity index (χ0v) is 15.3. The number of carbonyl (C=O) groups is 2. The van der Waals surface area contributed by atoms with Crippen molar-refractivity contribution in [1.82, 2.24) is 0 Å². The number of thioether (sulfide) groups is 1. The van der Waals surface area contributed by atoms with Crippen LogP contribution in [0, 0.1) is 0 Å². The smallest absolute Gasteiger partial charge is 0.237 e. The molecule has 2 aromatic rings. The van der Waals surface area contributed by atoms with Crippen LogP contribution in [0.4, 0.5) is 11.4 Å². The Morgan fingerprint density at radius 3 is 2.92 bits per heavy atom. The van der Waals surface area contributed by atoms with E-state index in [4.69, 9.17) is 0 Å². The predicted molar refractivity (Wildman–Crippen MR) is 102 cm³/mol. The topological polar surface area (TPSA) is 58.2 Å². The maximum atomic E-state index is 12.3. The van der Waals surface area contributed by atoms with E-state index in [0.717, 1.165) is 34.3 Å². The van der Waals surface area contributed by atoms with Crippen LogP contribution in [0.3, 0.4) is 0 Å². The molecule has 2 amide bonds. The van der Waals surface area contributed by atoms with Crippen molar-refractivity contribution >= 4 is 50.9 Å². The Morgan fingerprint density at radius 2 is 2.08 bits per heavy atom. The van der Waals surface area contributed by atoms with Gasteiger partial charge in [-0.15, -0.1) is 11.8 Å². The molecule has 0 bridgehead atoms. The lowest BCUT2D eigenvalue weighted by Crippen LogP contribution is -2.26. The molecule has 0 aliphatic carbocycles. The Balaban J connectivity index is 1.55. The number of hydrogen-bond acceptors (Lipinski definition) is 3. The number of fused-ring (bicyclic) bond motifs is 1. The lowest BCUT2D eigenvalue weighted by atomic mass is 10.1. The van der Waals surface area contributed by atoms with E-state index >= 15 is 0 Å². The minimum absolute atomic E-state index is 0.0276. The monoisotopic (exact) mass is 404 g/mol. The van der Waals surface area contributed by atoms with Gasteiger partial charge in [0.05, 0.1) is 11.0 Å². The summed E-state index contributed by atoms with van der Waals surface area (Å²) in [4.78, 5) is 24.4. The number of rotatable bonds is 4. The van der Waals surface area contributed by atoms with Gasteiger partial charge in [0.25, 0.3) is 0 Å². The first-order valence-corrected chi connectivity index (χ1v) is 9.52. The number of hydrogen-bond donors (Lipinski definition) is 2. The van der Waals surface area contributed by atoms with Crippen molar-refractivity contribution in [3.8, 4) is 0 Å². The number of anilines is 2. The van der Waals surface area contributed by atoms with E-state index in [1.165, 1.54) is 11.8 Å². The molecule has 0 saturated heterocycles. The van der Waals surface area contributed by atoms with Crippen molar-refractivity contribution in [2.24, 2.45) is 0 Å². The summed E-state index contributed by atoms with van der Waals surface area (Å²) in [6.45, 7) is 0. The number of para-hydroxylation sites is 1. The molecule has 1 heterocycles. The molecule has 2 N–H and O–H groups in total. The largest absolute Gasteiger partial charge is 0.325 e. The van der Waals surface area contributed by atoms with Crippen molar-refractivity contribution in [3.63, 3.8) is 0 Å². The van der Waals surface area contributed by atoms with Gasteiger partial charge in [0.15, 0.2) is 0 Å². The maximum Gasteiger partial charge on any atom is 0.237 e. The van der Waals surface area contributed by atoms with Gasteiger partial charge in [-0.3, -0.25) is 9.59 Å². The first-order chi connectivity index (χ1) is 11.6. The molecule has 2 aromatic carbocycles. The van der Waals surface area contributed by atoms with Crippen LogP contribution in [-0.2, 0) is 16.0 Å². The molecule has 3 rings (SSSR count). The van der Waals surface area contributed by atoms with E-state index in [1.54, 1.807) is 0 Å². The molecule has 1 atom stereocenters. The quantitative estimate of drug-likeness (QED) is 0.806. The second-order valence-electron chi connectivity index (χ2n) is 5.54. The van der Waals surface area contributed by atoms with E-state index in [9.17, 15) is 9.59 Å². The average Bonchev–Trinajstić information content (AvgIpc) is 2.71. The maximum absolute atomic E-state index is 12.3. The molecule has 1 aliphatic heterocycles. The van der Waals surface area contributed by atoms with Crippen LogP contribution in [0.15, 0.2) is 53.0 Å². The van der Waals surface area contributed by atoms with E-state index in [2.05, 4.69) is 26.6 Å². The zero-order chi connectivity index (χ0) is 16.9. The van der Waals surface area contributed by atoms with Gasteiger partial charge in [-0.1, -0.05) is 40.2 Å². The van der Waals surface area contributed by atoms with Gasteiger partial charge in [0.1, 0.15) is 0 Å². The third-order valence-electron chi connectivity index (χ3n) is 3.77. The van der Waals surface area contributed by atoms with Gasteiger partial charge in [0, 0.05) is 15.8 Å². The summed E-state index contributed by atoms with van der Waals surface area (Å²) in [7, 11) is 0. The highest BCUT2D eigenvalue weighted by Crippen LogP contribution is 2.27. The number of carbonyl (C=O) groups excluding carboxylic acids is 2. The van der Waals surface area contributed by atoms with Crippen LogP contribution in [0.1, 0.15) is 12.0 Å². The second-order valence-corrected chi connectivity index (χ2v) is 7.65. The van der Waals surface area contributed by atoms with Gasteiger partial charge in [0.2, 0.25) is 11.8 Å². The van der Waals surface area contributed by atoms with Gasteiger partial charge in [-0.2, -0.15) is 0 Å². The molecule has 0 radical (unpaired) electrons. The lowest BCUT2D eigenvalue weighted by molar-refractivity contribution is -0.115. The minimum Gasteiger partial charge on any atom is -0.325 e. The molecule has 24 heavy (non-hydrogen) atoms. The van der Waals surface area contributed by atoms with Crippen molar-refractivity contribution in [3.05, 3.63) is 58.6 Å². The zero-order valence-electron chi connectivity index (χ0n) is 12.9. The fourth-order valence-corrected chi connectivity index (χ4v) is 3.91. The van der Waals surface area contributed by atoms with Crippen LogP contribution >= 0.6 is 27.7 Å². The van der Waals surface area contributed by atoms with E-state index in [-0.39, 0.29) is 22.8 Å². The Morgan fingerprint density at radius 1 is 1.25 bits per heavy atom. The molecular formula is C18H17BrN2O2S. The standard InChI is InChI=1S/C18H17BrN2O2S/c19-13-5-3-6-14(10-13)20-17(22)11-24-16-9-8-12-4-1-2-7-15(12)21-18(16)23/h1-7,10,16H,8-9,11H2,(H,20,22)(H,21,23)/t16-/m1/s1. The summed E-state index contributed by atoms with van der Waals surface area (Å²) in [5, 5.41) is 5.59. The summed E-state index contributed by atoms with van der Waals surface area (Å²) in [5.74, 6) is 0.119. The number of nitrogens with one attached hydrogen (secondary N) is 2. The van der Waals surface area contributed by atoms with Gasteiger partial charge < -0.3 is 10.6 Å². The van der Waals surface area contributed by atoms with E-state index in [1.807, 2.05) is 48.5 Å². The average molecular weight is 405 g/mol. The number of amides is 2. The van der Waals surface area contributed by atoms with Crippen molar-refractivity contribution in [2.75, 3.05) is 16.4 Å². The lowest BCUT2D eigenvalue weighted by Gasteiger charge is -2.13. The number of halogens is 1. The highest BCUT2D eigenvalue weighted by molar-refractivity contribution is 9.10. The predicted octanol–water partition coefficient (Wildman–Crippen LogP) is 4.07. The molecule has 0 fully saturated rings. The van der Waals surface area contributed by atoms with Crippen LogP contribution < -0.4 is 10.6 Å². The highest BCUT2D eigenvalue weighted by atomic mass is 79.9. The summed E-state index contributed by atoms with van der Waals surface area (Å²) in [6, 6.07) is 15.3. The third-order valence-corrected chi connectivity index (χ3v) is 5.54. The van der Waals surface area contributed by atoms with Crippen LogP contribution in [0.25, 0.3) is 0 Å². The SMILES string of the molecule is O=C(CS[C@@H]1CCc2ccccc2NC1=O)Nc1cccc(Br)c1. The van der Waals surface area contributed by atoms with Gasteiger partial charge >= 0.3 is 0 Å². The van der Waals surface area contributed by atoms with Gasteiger partial charge in [-0.25, -0.2) is 0 Å². The molecule has 1 aliphatic rings. The van der Waals surface area contributed by atoms with E-state index < -0.39 is 0 Å². The molecule has 0 aromatic heterocycles. The number of benzene rings is 2. The summed E-state index contributed by atoms with van der Waals surface area (Å²) >= 11 is 4.76. The third kappa shape index (κ3) is 4.39. The molecule has 6 heteroatoms. The highest BCUT2D eigenvalue weighted by Gasteiger charge is 2.24. The van der Waals surface area contributed by atoms with E-state index in [0.29, 0.717) is 0 Å². The molecule has 0 saturated carbocycles. The second kappa shape index (κ2) is 7.85. The molecule has 124 valence electrons. The summed E-state index contributed by atoms with van der Waals surface area (Å²) < 4.78 is 0.911. The first-order valence-electron chi connectivity index (χ1n) is 7.67. The van der Waals surface area contributed by atoms with Crippen LogP contribution in [0.5, 0.6) is 0 Å². The summed E-state index contributed by atoms with van der Waals surface area (Å²) in [6.07, 6.45) is 1.57. The molecule has 0 spiro atoms. The molecule has 0 unspecified atom stereocenters. The Kier molecular flexibility index (Phi) is 5.58. The van der Waals surface area contributed by atoms with Crippen LogP contribution in [0.2, 0.25) is 0 Å². The normalized spacial score (nSPS) is 16.7. The van der Waals surface area contributed by atoms with Gasteiger partial charge in [-0.05, 0) is 42.7 Å². The summed E-state index contributed by atoms with van der Waals surface area (Å²) in [5.41, 5.74) is 2.77. The van der Waals surface area contributed by atoms with Crippen molar-refractivity contribution in [1.29, 1.82) is 0 Å². The fraction of sp³-hybridized carbons (Fsp3) is 0.222. The van der Waals surface area contributed by atoms with Crippen molar-refractivity contribution in [2.45, 2.75) is 18.1 Å². The number of aryl methyl sites for hydroxylation is 1. The first kappa shape index (κ1) is 17.0.